The Morgan fingerprint density at radius 3 is 3.18 bits per heavy atom. The Morgan fingerprint density at radius 1 is 1.91 bits per heavy atom. The third kappa shape index (κ3) is 2.07. The van der Waals surface area contributed by atoms with E-state index < -0.39 is 0 Å². The predicted molar refractivity (Wildman–Crippen MR) is 41.2 cm³/mol. The van der Waals surface area contributed by atoms with Crippen LogP contribution in [-0.2, 0) is 4.79 Å². The average Bonchev–Trinajstić information content (AvgIpc) is 1.93. The van der Waals surface area contributed by atoms with Gasteiger partial charge in [0.1, 0.15) is 12.3 Å². The molecule has 4 nitrogen and oxygen atoms in total. The zero-order chi connectivity index (χ0) is 8.27. The molecule has 0 atom stereocenters. The van der Waals surface area contributed by atoms with Gasteiger partial charge in [0.05, 0.1) is 0 Å². The number of carbonyl (C=O) groups is 1. The molecule has 60 valence electrons. The highest BCUT2D eigenvalue weighted by Gasteiger charge is 2.15. The zero-order valence-corrected chi connectivity index (χ0v) is 6.16. The van der Waals surface area contributed by atoms with Crippen LogP contribution in [0.25, 0.3) is 0 Å². The molecule has 1 heterocycles. The van der Waals surface area contributed by atoms with E-state index in [0.29, 0.717) is 12.8 Å². The summed E-state index contributed by atoms with van der Waals surface area (Å²) in [6.45, 7) is 3.38. The summed E-state index contributed by atoms with van der Waals surface area (Å²) < 4.78 is 0. The van der Waals surface area contributed by atoms with Crippen LogP contribution in [0.4, 0.5) is 0 Å². The van der Waals surface area contributed by atoms with Gasteiger partial charge in [0.15, 0.2) is 0 Å². The van der Waals surface area contributed by atoms with E-state index in [2.05, 4.69) is 11.7 Å². The number of amides is 1. The summed E-state index contributed by atoms with van der Waals surface area (Å²) in [6.07, 6.45) is 2.81. The lowest BCUT2D eigenvalue weighted by molar-refractivity contribution is -0.131. The average molecular weight is 154 g/mol. The monoisotopic (exact) mass is 154 g/mol. The fraction of sp³-hybridized carbons (Fsp3) is 0.429. The third-order valence-corrected chi connectivity index (χ3v) is 1.33. The van der Waals surface area contributed by atoms with Crippen LogP contribution in [0.1, 0.15) is 12.8 Å². The Balaban J connectivity index is 2.55. The molecule has 0 radical (unpaired) electrons. The van der Waals surface area contributed by atoms with Crippen LogP contribution >= 0.6 is 0 Å². The first-order valence-electron chi connectivity index (χ1n) is 3.39. The SMILES string of the molecule is C=C(O)CN1N=CCCC1=O. The molecule has 0 saturated heterocycles. The molecule has 0 unspecified atom stereocenters. The maximum atomic E-state index is 11.0. The lowest BCUT2D eigenvalue weighted by Gasteiger charge is -2.18. The molecule has 0 bridgehead atoms. The summed E-state index contributed by atoms with van der Waals surface area (Å²) in [5.74, 6) is -0.111. The third-order valence-electron chi connectivity index (χ3n) is 1.33. The minimum atomic E-state index is -0.0669. The van der Waals surface area contributed by atoms with Crippen molar-refractivity contribution in [3.8, 4) is 0 Å². The summed E-state index contributed by atoms with van der Waals surface area (Å²) in [6, 6.07) is 0. The number of nitrogens with zero attached hydrogens (tertiary/aromatic N) is 2. The largest absolute Gasteiger partial charge is 0.511 e. The van der Waals surface area contributed by atoms with Crippen LogP contribution in [0.3, 0.4) is 0 Å². The molecule has 0 saturated carbocycles. The molecule has 0 aromatic heterocycles. The van der Waals surface area contributed by atoms with E-state index in [0.717, 1.165) is 0 Å². The van der Waals surface area contributed by atoms with E-state index >= 15 is 0 Å². The second-order valence-electron chi connectivity index (χ2n) is 2.35. The molecular weight excluding hydrogens is 144 g/mol. The van der Waals surface area contributed by atoms with Crippen molar-refractivity contribution in [2.75, 3.05) is 6.54 Å². The highest BCUT2D eigenvalue weighted by molar-refractivity contribution is 5.82. The van der Waals surface area contributed by atoms with Gasteiger partial charge < -0.3 is 5.11 Å². The van der Waals surface area contributed by atoms with Crippen LogP contribution in [0, 0.1) is 0 Å². The Kier molecular flexibility index (Phi) is 2.25. The Morgan fingerprint density at radius 2 is 2.64 bits per heavy atom. The highest BCUT2D eigenvalue weighted by Crippen LogP contribution is 2.04. The Labute approximate surface area is 64.8 Å². The van der Waals surface area contributed by atoms with Gasteiger partial charge in [-0.25, -0.2) is 5.01 Å². The van der Waals surface area contributed by atoms with Crippen molar-refractivity contribution in [1.29, 1.82) is 0 Å². The minimum absolute atomic E-state index is 0.0441. The topological polar surface area (TPSA) is 52.9 Å². The fourth-order valence-corrected chi connectivity index (χ4v) is 0.840. The number of hydrogen-bond acceptors (Lipinski definition) is 3. The van der Waals surface area contributed by atoms with Crippen molar-refractivity contribution in [2.24, 2.45) is 5.10 Å². The van der Waals surface area contributed by atoms with Gasteiger partial charge >= 0.3 is 0 Å². The van der Waals surface area contributed by atoms with Crippen molar-refractivity contribution in [1.82, 2.24) is 5.01 Å². The molecule has 1 amide bonds. The van der Waals surface area contributed by atoms with Gasteiger partial charge in [0.2, 0.25) is 5.91 Å². The van der Waals surface area contributed by atoms with Gasteiger partial charge in [-0.05, 0) is 6.42 Å². The summed E-state index contributed by atoms with van der Waals surface area (Å²) >= 11 is 0. The molecule has 0 fully saturated rings. The second-order valence-corrected chi connectivity index (χ2v) is 2.35. The molecule has 1 rings (SSSR count). The predicted octanol–water partition coefficient (Wildman–Crippen LogP) is 0.666. The van der Waals surface area contributed by atoms with Crippen LogP contribution < -0.4 is 0 Å². The van der Waals surface area contributed by atoms with Crippen molar-refractivity contribution in [2.45, 2.75) is 12.8 Å². The molecule has 0 spiro atoms. The number of aliphatic hydroxyl groups excluding tert-OH is 1. The molecule has 0 aliphatic carbocycles. The van der Waals surface area contributed by atoms with E-state index in [1.807, 2.05) is 0 Å². The Hall–Kier alpha value is -1.32. The Bertz CT molecular complexity index is 210. The highest BCUT2D eigenvalue weighted by atomic mass is 16.3. The van der Waals surface area contributed by atoms with Crippen molar-refractivity contribution in [3.63, 3.8) is 0 Å². The number of hydrogen-bond donors (Lipinski definition) is 1. The van der Waals surface area contributed by atoms with Gasteiger partial charge in [0.25, 0.3) is 0 Å². The molecule has 1 N–H and O–H groups in total. The molecule has 0 aromatic carbocycles. The smallest absolute Gasteiger partial charge is 0.243 e. The van der Waals surface area contributed by atoms with Crippen LogP contribution in [0.5, 0.6) is 0 Å². The van der Waals surface area contributed by atoms with E-state index in [9.17, 15) is 4.79 Å². The zero-order valence-electron chi connectivity index (χ0n) is 6.16. The van der Waals surface area contributed by atoms with Crippen LogP contribution in [-0.4, -0.2) is 28.8 Å². The maximum Gasteiger partial charge on any atom is 0.243 e. The maximum absolute atomic E-state index is 11.0. The summed E-state index contributed by atoms with van der Waals surface area (Å²) in [5, 5.41) is 13.8. The molecular formula is C7H10N2O2. The first kappa shape index (κ1) is 7.78. The second kappa shape index (κ2) is 3.18. The normalized spacial score (nSPS) is 17.1. The lowest BCUT2D eigenvalue weighted by atomic mass is 10.3. The molecule has 4 heteroatoms. The molecule has 1 aliphatic rings. The number of rotatable bonds is 2. The lowest BCUT2D eigenvalue weighted by Crippen LogP contribution is -2.30. The minimum Gasteiger partial charge on any atom is -0.511 e. The van der Waals surface area contributed by atoms with Gasteiger partial charge in [-0.2, -0.15) is 5.10 Å². The molecule has 0 aromatic rings. The molecule has 1 aliphatic heterocycles. The van der Waals surface area contributed by atoms with Crippen LogP contribution in [0.15, 0.2) is 17.4 Å². The standard InChI is InChI=1S/C7H10N2O2/c1-6(10)5-9-7(11)3-2-4-8-9/h4,10H,1-3,5H2. The van der Waals surface area contributed by atoms with Gasteiger partial charge in [-0.1, -0.05) is 6.58 Å². The van der Waals surface area contributed by atoms with Crippen molar-refractivity contribution < 1.29 is 9.90 Å². The summed E-state index contributed by atoms with van der Waals surface area (Å²) in [5.41, 5.74) is 0. The number of hydrazone groups is 1. The van der Waals surface area contributed by atoms with E-state index in [1.165, 1.54) is 5.01 Å². The van der Waals surface area contributed by atoms with E-state index in [4.69, 9.17) is 5.11 Å². The quantitative estimate of drug-likeness (QED) is 0.594. The van der Waals surface area contributed by atoms with Crippen LogP contribution in [0.2, 0.25) is 0 Å². The first-order valence-corrected chi connectivity index (χ1v) is 3.39. The summed E-state index contributed by atoms with van der Waals surface area (Å²) in [4.78, 5) is 11.0. The summed E-state index contributed by atoms with van der Waals surface area (Å²) in [7, 11) is 0. The number of carbonyl (C=O) groups excluding carboxylic acids is 1. The first-order chi connectivity index (χ1) is 5.20. The van der Waals surface area contributed by atoms with Gasteiger partial charge in [0, 0.05) is 12.6 Å². The van der Waals surface area contributed by atoms with Gasteiger partial charge in [-0.3, -0.25) is 4.79 Å². The fourth-order valence-electron chi connectivity index (χ4n) is 0.840. The van der Waals surface area contributed by atoms with E-state index in [-0.39, 0.29) is 18.2 Å². The van der Waals surface area contributed by atoms with E-state index in [1.54, 1.807) is 6.21 Å². The number of aliphatic hydroxyl groups is 1. The van der Waals surface area contributed by atoms with Crippen molar-refractivity contribution in [3.05, 3.63) is 12.3 Å². The molecule has 11 heavy (non-hydrogen) atoms. The van der Waals surface area contributed by atoms with Gasteiger partial charge in [-0.15, -0.1) is 0 Å². The van der Waals surface area contributed by atoms with Crippen molar-refractivity contribution >= 4 is 12.1 Å².